The summed E-state index contributed by atoms with van der Waals surface area (Å²) in [4.78, 5) is 27.0. The Balaban J connectivity index is 1.39. The molecule has 2 aromatic carbocycles. The molecule has 1 unspecified atom stereocenters. The van der Waals surface area contributed by atoms with Gasteiger partial charge in [0.15, 0.2) is 6.10 Å². The zero-order valence-corrected chi connectivity index (χ0v) is 19.3. The number of hydrogen-bond donors (Lipinski definition) is 1. The lowest BCUT2D eigenvalue weighted by molar-refractivity contribution is -0.133. The summed E-state index contributed by atoms with van der Waals surface area (Å²) < 4.78 is 11.6. The molecule has 0 radical (unpaired) electrons. The van der Waals surface area contributed by atoms with Gasteiger partial charge in [0.25, 0.3) is 5.91 Å². The van der Waals surface area contributed by atoms with Gasteiger partial charge in [-0.15, -0.1) is 0 Å². The minimum Gasteiger partial charge on any atom is -0.493 e. The highest BCUT2D eigenvalue weighted by Crippen LogP contribution is 2.26. The minimum atomic E-state index is -0.579. The fourth-order valence-electron chi connectivity index (χ4n) is 3.83. The second kappa shape index (κ2) is 11.6. The molecule has 2 amide bonds. The van der Waals surface area contributed by atoms with E-state index in [1.54, 1.807) is 6.92 Å². The average molecular weight is 439 g/mol. The number of piperidine rings is 1. The molecule has 1 N–H and O–H groups in total. The highest BCUT2D eigenvalue weighted by molar-refractivity contribution is 5.81. The highest BCUT2D eigenvalue weighted by atomic mass is 16.5. The summed E-state index contributed by atoms with van der Waals surface area (Å²) in [5.74, 6) is 1.82. The van der Waals surface area contributed by atoms with Crippen molar-refractivity contribution in [1.29, 1.82) is 0 Å². The first-order chi connectivity index (χ1) is 15.4. The molecule has 0 saturated carbocycles. The first-order valence-corrected chi connectivity index (χ1v) is 11.5. The molecule has 1 heterocycles. The Hall–Kier alpha value is -3.02. The fraction of sp³-hybridized carbons (Fsp3) is 0.462. The van der Waals surface area contributed by atoms with E-state index in [9.17, 15) is 9.59 Å². The van der Waals surface area contributed by atoms with Gasteiger partial charge in [0, 0.05) is 19.1 Å². The van der Waals surface area contributed by atoms with Crippen molar-refractivity contribution in [2.75, 3.05) is 19.7 Å². The largest absolute Gasteiger partial charge is 0.493 e. The number of likely N-dealkylation sites (tertiary alicyclic amines) is 1. The van der Waals surface area contributed by atoms with Crippen LogP contribution in [0.15, 0.2) is 54.6 Å². The third kappa shape index (κ3) is 6.74. The molecule has 0 aromatic heterocycles. The van der Waals surface area contributed by atoms with E-state index < -0.39 is 6.10 Å². The molecule has 1 fully saturated rings. The molecule has 6 heteroatoms. The van der Waals surface area contributed by atoms with Gasteiger partial charge in [-0.2, -0.15) is 0 Å². The van der Waals surface area contributed by atoms with E-state index in [-0.39, 0.29) is 17.9 Å². The molecule has 1 atom stereocenters. The maximum atomic E-state index is 12.7. The van der Waals surface area contributed by atoms with Crippen molar-refractivity contribution in [3.8, 4) is 11.5 Å². The van der Waals surface area contributed by atoms with Crippen LogP contribution in [0.1, 0.15) is 51.5 Å². The monoisotopic (exact) mass is 438 g/mol. The van der Waals surface area contributed by atoms with Crippen LogP contribution in [0.25, 0.3) is 0 Å². The van der Waals surface area contributed by atoms with Crippen molar-refractivity contribution in [3.05, 3.63) is 60.2 Å². The SMILES string of the molecule is CC(Oc1ccccc1C(C)C)C(=O)NC1CCN(C(=O)CCOc2ccccc2)CC1. The molecule has 32 heavy (non-hydrogen) atoms. The van der Waals surface area contributed by atoms with Gasteiger partial charge in [-0.3, -0.25) is 9.59 Å². The van der Waals surface area contributed by atoms with Crippen molar-refractivity contribution < 1.29 is 19.1 Å². The molecule has 3 rings (SSSR count). The Bertz CT molecular complexity index is 876. The van der Waals surface area contributed by atoms with Crippen molar-refractivity contribution in [1.82, 2.24) is 10.2 Å². The lowest BCUT2D eigenvalue weighted by Crippen LogP contribution is -2.49. The van der Waals surface area contributed by atoms with Gasteiger partial charge in [-0.1, -0.05) is 50.2 Å². The molecule has 0 bridgehead atoms. The van der Waals surface area contributed by atoms with Crippen molar-refractivity contribution >= 4 is 11.8 Å². The molecular weight excluding hydrogens is 404 g/mol. The lowest BCUT2D eigenvalue weighted by atomic mass is 10.0. The number of hydrogen-bond acceptors (Lipinski definition) is 4. The fourth-order valence-corrected chi connectivity index (χ4v) is 3.83. The van der Waals surface area contributed by atoms with Gasteiger partial charge in [0.1, 0.15) is 11.5 Å². The first kappa shape index (κ1) is 23.6. The number of benzene rings is 2. The van der Waals surface area contributed by atoms with Crippen molar-refractivity contribution in [2.45, 2.75) is 58.1 Å². The molecule has 0 spiro atoms. The van der Waals surface area contributed by atoms with Crippen LogP contribution in [-0.2, 0) is 9.59 Å². The number of ether oxygens (including phenoxy) is 2. The summed E-state index contributed by atoms with van der Waals surface area (Å²) in [6, 6.07) is 17.4. The van der Waals surface area contributed by atoms with Crippen LogP contribution in [0, 0.1) is 0 Å². The Morgan fingerprint density at radius 3 is 2.34 bits per heavy atom. The van der Waals surface area contributed by atoms with Gasteiger partial charge in [-0.25, -0.2) is 0 Å². The van der Waals surface area contributed by atoms with Crippen LogP contribution in [0.3, 0.4) is 0 Å². The highest BCUT2D eigenvalue weighted by Gasteiger charge is 2.26. The molecule has 6 nitrogen and oxygen atoms in total. The van der Waals surface area contributed by atoms with Crippen LogP contribution in [0.5, 0.6) is 11.5 Å². The number of nitrogens with zero attached hydrogens (tertiary/aromatic N) is 1. The van der Waals surface area contributed by atoms with Crippen LogP contribution < -0.4 is 14.8 Å². The summed E-state index contributed by atoms with van der Waals surface area (Å²) in [6.45, 7) is 7.64. The normalized spacial score (nSPS) is 15.3. The van der Waals surface area contributed by atoms with E-state index >= 15 is 0 Å². The van der Waals surface area contributed by atoms with Crippen molar-refractivity contribution in [3.63, 3.8) is 0 Å². The van der Waals surface area contributed by atoms with Gasteiger partial charge in [0.05, 0.1) is 13.0 Å². The number of carbonyl (C=O) groups is 2. The third-order valence-corrected chi connectivity index (χ3v) is 5.74. The zero-order chi connectivity index (χ0) is 22.9. The zero-order valence-electron chi connectivity index (χ0n) is 19.3. The lowest BCUT2D eigenvalue weighted by Gasteiger charge is -2.33. The molecule has 2 aromatic rings. The number of nitrogens with one attached hydrogen (secondary N) is 1. The maximum absolute atomic E-state index is 12.7. The molecular formula is C26H34N2O4. The van der Waals surface area contributed by atoms with Crippen LogP contribution in [0.4, 0.5) is 0 Å². The summed E-state index contributed by atoms with van der Waals surface area (Å²) in [7, 11) is 0. The van der Waals surface area contributed by atoms with E-state index in [2.05, 4.69) is 19.2 Å². The first-order valence-electron chi connectivity index (χ1n) is 11.5. The predicted molar refractivity (Wildman–Crippen MR) is 125 cm³/mol. The number of carbonyl (C=O) groups excluding carboxylic acids is 2. The molecule has 1 saturated heterocycles. The van der Waals surface area contributed by atoms with Gasteiger partial charge in [-0.05, 0) is 49.4 Å². The van der Waals surface area contributed by atoms with E-state index in [0.29, 0.717) is 32.0 Å². The van der Waals surface area contributed by atoms with Gasteiger partial charge in [0.2, 0.25) is 5.91 Å². The number of rotatable bonds is 9. The van der Waals surface area contributed by atoms with Crippen molar-refractivity contribution in [2.24, 2.45) is 0 Å². The minimum absolute atomic E-state index is 0.0542. The standard InChI is InChI=1S/C26H34N2O4/c1-19(2)23-11-7-8-12-24(23)32-20(3)26(30)27-21-13-16-28(17-14-21)25(29)15-18-31-22-9-5-4-6-10-22/h4-12,19-21H,13-18H2,1-3H3,(H,27,30). The van der Waals surface area contributed by atoms with Gasteiger partial charge < -0.3 is 19.7 Å². The van der Waals surface area contributed by atoms with Gasteiger partial charge >= 0.3 is 0 Å². The molecule has 172 valence electrons. The quantitative estimate of drug-likeness (QED) is 0.639. The Morgan fingerprint density at radius 1 is 1.00 bits per heavy atom. The Labute approximate surface area is 190 Å². The summed E-state index contributed by atoms with van der Waals surface area (Å²) in [6.07, 6.45) is 1.26. The molecule has 0 aliphatic carbocycles. The summed E-state index contributed by atoms with van der Waals surface area (Å²) >= 11 is 0. The average Bonchev–Trinajstić information content (AvgIpc) is 2.80. The second-order valence-electron chi connectivity index (χ2n) is 8.53. The van der Waals surface area contributed by atoms with Crippen LogP contribution >= 0.6 is 0 Å². The molecule has 1 aliphatic rings. The number of amides is 2. The van der Waals surface area contributed by atoms with Crippen LogP contribution in [0.2, 0.25) is 0 Å². The summed E-state index contributed by atoms with van der Waals surface area (Å²) in [5, 5.41) is 3.09. The van der Waals surface area contributed by atoms with E-state index in [1.807, 2.05) is 59.5 Å². The van der Waals surface area contributed by atoms with E-state index in [1.165, 1.54) is 0 Å². The van der Waals surface area contributed by atoms with E-state index in [0.717, 1.165) is 29.9 Å². The van der Waals surface area contributed by atoms with Crippen LogP contribution in [-0.4, -0.2) is 48.6 Å². The molecule has 1 aliphatic heterocycles. The Kier molecular flexibility index (Phi) is 8.54. The summed E-state index contributed by atoms with van der Waals surface area (Å²) in [5.41, 5.74) is 1.09. The number of para-hydroxylation sites is 2. The topological polar surface area (TPSA) is 67.9 Å². The van der Waals surface area contributed by atoms with E-state index in [4.69, 9.17) is 9.47 Å². The maximum Gasteiger partial charge on any atom is 0.260 e. The third-order valence-electron chi connectivity index (χ3n) is 5.74. The predicted octanol–water partition coefficient (Wildman–Crippen LogP) is 4.15. The second-order valence-corrected chi connectivity index (χ2v) is 8.53. The smallest absolute Gasteiger partial charge is 0.260 e. The Morgan fingerprint density at radius 2 is 1.66 bits per heavy atom.